The number of aliphatic hydroxyl groups excluding tert-OH is 1. The molecule has 0 aromatic heterocycles. The maximum Gasteiger partial charge on any atom is 0.254 e. The van der Waals surface area contributed by atoms with Crippen LogP contribution in [0.3, 0.4) is 0 Å². The van der Waals surface area contributed by atoms with Crippen molar-refractivity contribution in [2.75, 3.05) is 27.3 Å². The summed E-state index contributed by atoms with van der Waals surface area (Å²) in [7, 11) is 3.10. The van der Waals surface area contributed by atoms with Crippen LogP contribution in [-0.4, -0.2) is 49.3 Å². The Balaban J connectivity index is 2.17. The number of piperidine rings is 1. The third-order valence-electron chi connectivity index (χ3n) is 3.84. The van der Waals surface area contributed by atoms with Crippen LogP contribution in [0, 0.1) is 5.92 Å². The van der Waals surface area contributed by atoms with Gasteiger partial charge < -0.3 is 19.5 Å². The summed E-state index contributed by atoms with van der Waals surface area (Å²) < 4.78 is 10.4. The van der Waals surface area contributed by atoms with Crippen molar-refractivity contribution in [2.24, 2.45) is 5.92 Å². The molecule has 2 atom stereocenters. The van der Waals surface area contributed by atoms with Crippen molar-refractivity contribution < 1.29 is 19.4 Å². The van der Waals surface area contributed by atoms with Gasteiger partial charge in [-0.3, -0.25) is 4.79 Å². The number of ether oxygens (including phenoxy) is 2. The molecule has 1 aliphatic heterocycles. The Morgan fingerprint density at radius 3 is 2.60 bits per heavy atom. The Hall–Kier alpha value is -1.75. The lowest BCUT2D eigenvalue weighted by Crippen LogP contribution is -2.45. The summed E-state index contributed by atoms with van der Waals surface area (Å²) in [5.41, 5.74) is 0.546. The number of β-amino-alcohol motifs (C(OH)–C–C–N with tert-alkyl or cyclic N) is 1. The highest BCUT2D eigenvalue weighted by atomic mass is 16.5. The second kappa shape index (κ2) is 6.13. The molecule has 110 valence electrons. The Kier molecular flexibility index (Phi) is 4.49. The lowest BCUT2D eigenvalue weighted by atomic mass is 9.95. The van der Waals surface area contributed by atoms with Gasteiger partial charge in [0.15, 0.2) is 11.5 Å². The molecule has 1 aliphatic rings. The normalized spacial score (nSPS) is 22.5. The number of amides is 1. The Bertz CT molecular complexity index is 489. The van der Waals surface area contributed by atoms with Crippen LogP contribution >= 0.6 is 0 Å². The van der Waals surface area contributed by atoms with E-state index in [1.165, 1.54) is 0 Å². The van der Waals surface area contributed by atoms with Gasteiger partial charge in [-0.05, 0) is 30.5 Å². The van der Waals surface area contributed by atoms with E-state index in [0.29, 0.717) is 30.2 Å². The second-order valence-electron chi connectivity index (χ2n) is 5.15. The average molecular weight is 279 g/mol. The number of hydrogen-bond donors (Lipinski definition) is 1. The summed E-state index contributed by atoms with van der Waals surface area (Å²) in [5.74, 6) is 1.28. The van der Waals surface area contributed by atoms with Gasteiger partial charge in [0, 0.05) is 18.7 Å². The molecule has 1 N–H and O–H groups in total. The van der Waals surface area contributed by atoms with Crippen LogP contribution in [-0.2, 0) is 0 Å². The predicted octanol–water partition coefficient (Wildman–Crippen LogP) is 1.55. The van der Waals surface area contributed by atoms with Crippen LogP contribution in [0.2, 0.25) is 0 Å². The highest BCUT2D eigenvalue weighted by Crippen LogP contribution is 2.28. The molecule has 0 bridgehead atoms. The molecule has 0 spiro atoms. The van der Waals surface area contributed by atoms with Gasteiger partial charge in [0.25, 0.3) is 5.91 Å². The molecular weight excluding hydrogens is 258 g/mol. The molecule has 5 heteroatoms. The minimum atomic E-state index is -0.451. The predicted molar refractivity (Wildman–Crippen MR) is 75.2 cm³/mol. The molecule has 20 heavy (non-hydrogen) atoms. The summed E-state index contributed by atoms with van der Waals surface area (Å²) >= 11 is 0. The first-order valence-electron chi connectivity index (χ1n) is 6.76. The number of rotatable bonds is 3. The number of benzene rings is 1. The fraction of sp³-hybridized carbons (Fsp3) is 0.533. The first-order valence-corrected chi connectivity index (χ1v) is 6.76. The SMILES string of the molecule is COc1ccc(C(=O)N2CCC(C)C(O)C2)cc1OC. The zero-order chi connectivity index (χ0) is 14.7. The molecule has 1 heterocycles. The topological polar surface area (TPSA) is 59.0 Å². The Morgan fingerprint density at radius 2 is 2.00 bits per heavy atom. The minimum Gasteiger partial charge on any atom is -0.493 e. The number of carbonyl (C=O) groups is 1. The van der Waals surface area contributed by atoms with E-state index >= 15 is 0 Å². The first-order chi connectivity index (χ1) is 9.56. The van der Waals surface area contributed by atoms with Gasteiger partial charge in [-0.2, -0.15) is 0 Å². The molecule has 1 fully saturated rings. The van der Waals surface area contributed by atoms with E-state index in [0.717, 1.165) is 6.42 Å². The smallest absolute Gasteiger partial charge is 0.254 e. The molecule has 1 saturated heterocycles. The highest BCUT2D eigenvalue weighted by molar-refractivity contribution is 5.95. The number of nitrogens with zero attached hydrogens (tertiary/aromatic N) is 1. The third-order valence-corrected chi connectivity index (χ3v) is 3.84. The van der Waals surface area contributed by atoms with Crippen molar-refractivity contribution in [1.82, 2.24) is 4.90 Å². The summed E-state index contributed by atoms with van der Waals surface area (Å²) in [6.07, 6.45) is 0.369. The fourth-order valence-corrected chi connectivity index (χ4v) is 2.39. The first kappa shape index (κ1) is 14.7. The summed E-state index contributed by atoms with van der Waals surface area (Å²) in [5, 5.41) is 9.89. The van der Waals surface area contributed by atoms with Gasteiger partial charge in [-0.1, -0.05) is 6.92 Å². The van der Waals surface area contributed by atoms with E-state index in [-0.39, 0.29) is 11.8 Å². The Morgan fingerprint density at radius 1 is 1.30 bits per heavy atom. The van der Waals surface area contributed by atoms with Crippen LogP contribution in [0.4, 0.5) is 0 Å². The van der Waals surface area contributed by atoms with Crippen molar-refractivity contribution in [3.05, 3.63) is 23.8 Å². The van der Waals surface area contributed by atoms with Crippen LogP contribution in [0.1, 0.15) is 23.7 Å². The maximum atomic E-state index is 12.4. The van der Waals surface area contributed by atoms with Crippen molar-refractivity contribution in [3.8, 4) is 11.5 Å². The van der Waals surface area contributed by atoms with Crippen molar-refractivity contribution in [2.45, 2.75) is 19.4 Å². The lowest BCUT2D eigenvalue weighted by Gasteiger charge is -2.34. The number of carbonyl (C=O) groups excluding carboxylic acids is 1. The summed E-state index contributed by atoms with van der Waals surface area (Å²) in [6.45, 7) is 3.06. The number of aliphatic hydroxyl groups is 1. The monoisotopic (exact) mass is 279 g/mol. The summed E-state index contributed by atoms with van der Waals surface area (Å²) in [4.78, 5) is 14.1. The molecule has 5 nitrogen and oxygen atoms in total. The lowest BCUT2D eigenvalue weighted by molar-refractivity contribution is 0.0248. The van der Waals surface area contributed by atoms with Gasteiger partial charge in [-0.25, -0.2) is 0 Å². The zero-order valence-corrected chi connectivity index (χ0v) is 12.1. The van der Waals surface area contributed by atoms with Gasteiger partial charge >= 0.3 is 0 Å². The minimum absolute atomic E-state index is 0.0862. The largest absolute Gasteiger partial charge is 0.493 e. The number of likely N-dealkylation sites (tertiary alicyclic amines) is 1. The molecule has 0 aliphatic carbocycles. The van der Waals surface area contributed by atoms with E-state index in [9.17, 15) is 9.90 Å². The van der Waals surface area contributed by atoms with E-state index < -0.39 is 6.10 Å². The van der Waals surface area contributed by atoms with Gasteiger partial charge in [-0.15, -0.1) is 0 Å². The van der Waals surface area contributed by atoms with E-state index in [2.05, 4.69) is 0 Å². The molecule has 0 saturated carbocycles. The average Bonchev–Trinajstić information content (AvgIpc) is 2.48. The second-order valence-corrected chi connectivity index (χ2v) is 5.15. The van der Waals surface area contributed by atoms with Crippen LogP contribution in [0.25, 0.3) is 0 Å². The molecule has 1 aromatic carbocycles. The molecule has 1 aromatic rings. The Labute approximate surface area is 119 Å². The van der Waals surface area contributed by atoms with Crippen LogP contribution < -0.4 is 9.47 Å². The van der Waals surface area contributed by atoms with Crippen LogP contribution in [0.5, 0.6) is 11.5 Å². The van der Waals surface area contributed by atoms with E-state index in [4.69, 9.17) is 9.47 Å². The molecule has 1 amide bonds. The van der Waals surface area contributed by atoms with Crippen molar-refractivity contribution >= 4 is 5.91 Å². The maximum absolute atomic E-state index is 12.4. The molecular formula is C15H21NO4. The highest BCUT2D eigenvalue weighted by Gasteiger charge is 2.28. The molecule has 2 unspecified atom stereocenters. The van der Waals surface area contributed by atoms with Gasteiger partial charge in [0.05, 0.1) is 20.3 Å². The van der Waals surface area contributed by atoms with Crippen molar-refractivity contribution in [1.29, 1.82) is 0 Å². The summed E-state index contributed by atoms with van der Waals surface area (Å²) in [6, 6.07) is 5.11. The standard InChI is InChI=1S/C15H21NO4/c1-10-6-7-16(9-12(10)17)15(18)11-4-5-13(19-2)14(8-11)20-3/h4-5,8,10,12,17H,6-7,9H2,1-3H3. The molecule has 2 rings (SSSR count). The quantitative estimate of drug-likeness (QED) is 0.912. The van der Waals surface area contributed by atoms with E-state index in [1.807, 2.05) is 6.92 Å². The molecule has 0 radical (unpaired) electrons. The van der Waals surface area contributed by atoms with Crippen LogP contribution in [0.15, 0.2) is 18.2 Å². The van der Waals surface area contributed by atoms with E-state index in [1.54, 1.807) is 37.3 Å². The van der Waals surface area contributed by atoms with Crippen molar-refractivity contribution in [3.63, 3.8) is 0 Å². The third kappa shape index (κ3) is 2.88. The van der Waals surface area contributed by atoms with Gasteiger partial charge in [0.2, 0.25) is 0 Å². The fourth-order valence-electron chi connectivity index (χ4n) is 2.39. The van der Waals surface area contributed by atoms with Gasteiger partial charge in [0.1, 0.15) is 0 Å². The number of methoxy groups -OCH3 is 2. The zero-order valence-electron chi connectivity index (χ0n) is 12.1. The number of hydrogen-bond acceptors (Lipinski definition) is 4.